The van der Waals surface area contributed by atoms with Crippen molar-refractivity contribution < 1.29 is 9.59 Å². The van der Waals surface area contributed by atoms with Crippen LogP contribution < -0.4 is 16.0 Å². The quantitative estimate of drug-likeness (QED) is 0.304. The molecule has 1 aliphatic heterocycles. The van der Waals surface area contributed by atoms with Crippen molar-refractivity contribution in [2.75, 3.05) is 36.4 Å². The molecule has 4 rings (SSSR count). The summed E-state index contributed by atoms with van der Waals surface area (Å²) in [6, 6.07) is 18.2. The lowest BCUT2D eigenvalue weighted by Gasteiger charge is -2.33. The third-order valence-corrected chi connectivity index (χ3v) is 7.55. The van der Waals surface area contributed by atoms with E-state index in [9.17, 15) is 9.59 Å². The fourth-order valence-electron chi connectivity index (χ4n) is 5.29. The average molecular weight is 556 g/mol. The van der Waals surface area contributed by atoms with Crippen molar-refractivity contribution in [3.8, 4) is 11.1 Å². The lowest BCUT2D eigenvalue weighted by atomic mass is 9.92. The van der Waals surface area contributed by atoms with Crippen LogP contribution in [0.15, 0.2) is 67.0 Å². The van der Waals surface area contributed by atoms with Crippen LogP contribution in [0.2, 0.25) is 0 Å². The number of piperidine rings is 1. The third-order valence-electron chi connectivity index (χ3n) is 7.55. The Kier molecular flexibility index (Phi) is 10.2. The second kappa shape index (κ2) is 13.8. The first-order chi connectivity index (χ1) is 19.6. The van der Waals surface area contributed by atoms with E-state index in [0.29, 0.717) is 31.6 Å². The van der Waals surface area contributed by atoms with E-state index in [0.717, 1.165) is 66.3 Å². The number of carbonyl (C=O) groups excluding carboxylic acids is 2. The van der Waals surface area contributed by atoms with Gasteiger partial charge in [0.1, 0.15) is 0 Å². The maximum absolute atomic E-state index is 13.3. The second-order valence-electron chi connectivity index (χ2n) is 12.5. The molecule has 1 fully saturated rings. The first-order valence-electron chi connectivity index (χ1n) is 14.8. The summed E-state index contributed by atoms with van der Waals surface area (Å²) in [5, 5.41) is 3.24. The number of hydrogen-bond acceptors (Lipinski definition) is 5. The number of hydrogen-bond donors (Lipinski definition) is 2. The highest BCUT2D eigenvalue weighted by Gasteiger charge is 2.22. The molecule has 3 N–H and O–H groups in total. The van der Waals surface area contributed by atoms with E-state index in [-0.39, 0.29) is 17.2 Å². The number of anilines is 2. The van der Waals surface area contributed by atoms with Gasteiger partial charge in [-0.3, -0.25) is 14.6 Å². The second-order valence-corrected chi connectivity index (χ2v) is 12.5. The van der Waals surface area contributed by atoms with Crippen LogP contribution in [0.5, 0.6) is 0 Å². The summed E-state index contributed by atoms with van der Waals surface area (Å²) in [5.41, 5.74) is 11.3. The standard InChI is InChI=1S/C34H45N5O2/c1-25-13-18-38(19-14-25)31-12-11-28(21-30(31)37-32(40)22-34(2,3)4)27-9-5-8-26(20-27)24-39(17-7-15-35)33(41)29-10-6-16-36-23-29/h5-6,8-12,16,20-21,23,25H,7,13-15,17-19,22,24,35H2,1-4H3,(H,37,40). The van der Waals surface area contributed by atoms with Gasteiger partial charge in [-0.25, -0.2) is 0 Å². The predicted molar refractivity (Wildman–Crippen MR) is 168 cm³/mol. The lowest BCUT2D eigenvalue weighted by Crippen LogP contribution is -2.33. The highest BCUT2D eigenvalue weighted by atomic mass is 16.2. The summed E-state index contributed by atoms with van der Waals surface area (Å²) in [5.74, 6) is 0.696. The molecule has 2 aromatic carbocycles. The van der Waals surface area contributed by atoms with Crippen molar-refractivity contribution in [3.05, 3.63) is 78.1 Å². The molecule has 1 saturated heterocycles. The summed E-state index contributed by atoms with van der Waals surface area (Å²) >= 11 is 0. The van der Waals surface area contributed by atoms with Gasteiger partial charge in [-0.05, 0) is 84.2 Å². The minimum atomic E-state index is -0.0975. The molecule has 0 unspecified atom stereocenters. The Morgan fingerprint density at radius 1 is 1.05 bits per heavy atom. The zero-order valence-electron chi connectivity index (χ0n) is 25.0. The highest BCUT2D eigenvalue weighted by molar-refractivity contribution is 5.96. The molecule has 7 nitrogen and oxygen atoms in total. The molecule has 41 heavy (non-hydrogen) atoms. The molecule has 218 valence electrons. The molecule has 0 saturated carbocycles. The zero-order chi connectivity index (χ0) is 29.4. The molecule has 2 heterocycles. The molecule has 1 aliphatic rings. The van der Waals surface area contributed by atoms with Crippen molar-refractivity contribution in [2.45, 2.75) is 59.9 Å². The maximum Gasteiger partial charge on any atom is 0.255 e. The van der Waals surface area contributed by atoms with E-state index < -0.39 is 0 Å². The summed E-state index contributed by atoms with van der Waals surface area (Å²) in [6.07, 6.45) is 6.75. The monoisotopic (exact) mass is 555 g/mol. The van der Waals surface area contributed by atoms with Crippen LogP contribution in [0.3, 0.4) is 0 Å². The first kappa shape index (κ1) is 30.3. The molecular weight excluding hydrogens is 510 g/mol. The molecule has 7 heteroatoms. The average Bonchev–Trinajstić information content (AvgIpc) is 2.95. The molecular formula is C34H45N5O2. The Balaban J connectivity index is 1.61. The molecule has 0 spiro atoms. The van der Waals surface area contributed by atoms with Gasteiger partial charge in [0.15, 0.2) is 0 Å². The minimum absolute atomic E-state index is 0.0273. The Hall–Kier alpha value is -3.71. The highest BCUT2D eigenvalue weighted by Crippen LogP contribution is 2.35. The van der Waals surface area contributed by atoms with E-state index in [4.69, 9.17) is 5.73 Å². The lowest BCUT2D eigenvalue weighted by molar-refractivity contribution is -0.117. The van der Waals surface area contributed by atoms with Gasteiger partial charge in [0.2, 0.25) is 5.91 Å². The molecule has 2 amide bonds. The number of aromatic nitrogens is 1. The van der Waals surface area contributed by atoms with E-state index in [2.05, 4.69) is 73.2 Å². The van der Waals surface area contributed by atoms with Crippen molar-refractivity contribution in [1.82, 2.24) is 9.88 Å². The van der Waals surface area contributed by atoms with Crippen LogP contribution >= 0.6 is 0 Å². The van der Waals surface area contributed by atoms with E-state index in [1.165, 1.54) is 0 Å². The van der Waals surface area contributed by atoms with E-state index in [1.54, 1.807) is 24.5 Å². The number of nitrogens with zero attached hydrogens (tertiary/aromatic N) is 3. The fraction of sp³-hybridized carbons (Fsp3) is 0.441. The van der Waals surface area contributed by atoms with Gasteiger partial charge in [-0.15, -0.1) is 0 Å². The van der Waals surface area contributed by atoms with Gasteiger partial charge < -0.3 is 20.9 Å². The number of carbonyl (C=O) groups is 2. The molecule has 1 aromatic heterocycles. The Morgan fingerprint density at radius 2 is 1.80 bits per heavy atom. The maximum atomic E-state index is 13.3. The Labute approximate surface area is 245 Å². The van der Waals surface area contributed by atoms with Crippen molar-refractivity contribution in [1.29, 1.82) is 0 Å². The zero-order valence-corrected chi connectivity index (χ0v) is 25.0. The predicted octanol–water partition coefficient (Wildman–Crippen LogP) is 6.35. The smallest absolute Gasteiger partial charge is 0.255 e. The molecule has 0 atom stereocenters. The topological polar surface area (TPSA) is 91.6 Å². The Bertz CT molecular complexity index is 1310. The van der Waals surface area contributed by atoms with Gasteiger partial charge in [0, 0.05) is 45.0 Å². The van der Waals surface area contributed by atoms with Crippen LogP contribution in [-0.4, -0.2) is 47.9 Å². The van der Waals surface area contributed by atoms with Crippen molar-refractivity contribution in [3.63, 3.8) is 0 Å². The first-order valence-corrected chi connectivity index (χ1v) is 14.8. The van der Waals surface area contributed by atoms with E-state index in [1.807, 2.05) is 17.0 Å². The Morgan fingerprint density at radius 3 is 2.49 bits per heavy atom. The van der Waals surface area contributed by atoms with Crippen LogP contribution in [-0.2, 0) is 11.3 Å². The van der Waals surface area contributed by atoms with Crippen molar-refractivity contribution >= 4 is 23.2 Å². The van der Waals surface area contributed by atoms with Crippen LogP contribution in [0.1, 0.15) is 69.3 Å². The number of amides is 2. The summed E-state index contributed by atoms with van der Waals surface area (Å²) < 4.78 is 0. The summed E-state index contributed by atoms with van der Waals surface area (Å²) in [4.78, 5) is 34.6. The minimum Gasteiger partial charge on any atom is -0.370 e. The van der Waals surface area contributed by atoms with Gasteiger partial charge in [-0.2, -0.15) is 0 Å². The normalized spacial score (nSPS) is 14.1. The number of nitrogens with two attached hydrogens (primary N) is 1. The number of benzene rings is 2. The molecule has 0 aliphatic carbocycles. The van der Waals surface area contributed by atoms with Gasteiger partial charge in [-0.1, -0.05) is 52.0 Å². The van der Waals surface area contributed by atoms with Crippen LogP contribution in [0.25, 0.3) is 11.1 Å². The van der Waals surface area contributed by atoms with E-state index >= 15 is 0 Å². The van der Waals surface area contributed by atoms with Gasteiger partial charge in [0.05, 0.1) is 16.9 Å². The third kappa shape index (κ3) is 8.64. The van der Waals surface area contributed by atoms with Gasteiger partial charge >= 0.3 is 0 Å². The number of nitrogens with one attached hydrogen (secondary N) is 1. The SMILES string of the molecule is CC1CCN(c2ccc(-c3cccc(CN(CCCN)C(=O)c4cccnc4)c3)cc2NC(=O)CC(C)(C)C)CC1. The number of pyridine rings is 1. The summed E-state index contributed by atoms with van der Waals surface area (Å²) in [6.45, 7) is 12.1. The van der Waals surface area contributed by atoms with Crippen LogP contribution in [0, 0.1) is 11.3 Å². The summed E-state index contributed by atoms with van der Waals surface area (Å²) in [7, 11) is 0. The van der Waals surface area contributed by atoms with Gasteiger partial charge in [0.25, 0.3) is 5.91 Å². The fourth-order valence-corrected chi connectivity index (χ4v) is 5.29. The molecule has 0 radical (unpaired) electrons. The van der Waals surface area contributed by atoms with Crippen LogP contribution in [0.4, 0.5) is 11.4 Å². The van der Waals surface area contributed by atoms with Crippen molar-refractivity contribution in [2.24, 2.45) is 17.1 Å². The number of rotatable bonds is 10. The molecule has 0 bridgehead atoms. The molecule has 3 aromatic rings. The largest absolute Gasteiger partial charge is 0.370 e.